The van der Waals surface area contributed by atoms with Crippen LogP contribution >= 0.6 is 0 Å². The van der Waals surface area contributed by atoms with Crippen LogP contribution in [0.3, 0.4) is 0 Å². The maximum atomic E-state index is 12.0. The fourth-order valence-corrected chi connectivity index (χ4v) is 2.52. The molecule has 0 heterocycles. The molecule has 1 fully saturated rings. The van der Waals surface area contributed by atoms with Crippen LogP contribution in [0.1, 0.15) is 59.8 Å². The number of carbonyl (C=O) groups excluding carboxylic acids is 1. The van der Waals surface area contributed by atoms with Crippen LogP contribution in [0.25, 0.3) is 0 Å². The summed E-state index contributed by atoms with van der Waals surface area (Å²) in [5, 5.41) is 14.8. The maximum absolute atomic E-state index is 12.0. The van der Waals surface area contributed by atoms with Gasteiger partial charge in [0.05, 0.1) is 12.0 Å². The molecule has 0 spiro atoms. The van der Waals surface area contributed by atoms with E-state index in [4.69, 9.17) is 5.11 Å². The highest BCUT2D eigenvalue weighted by molar-refractivity contribution is 5.76. The van der Waals surface area contributed by atoms with Crippen molar-refractivity contribution in [3.05, 3.63) is 0 Å². The molecule has 20 heavy (non-hydrogen) atoms. The molecule has 5 nitrogen and oxygen atoms in total. The number of carboxylic acid groups (broad SMARTS) is 1. The van der Waals surface area contributed by atoms with Crippen LogP contribution < -0.4 is 10.6 Å². The van der Waals surface area contributed by atoms with E-state index in [-0.39, 0.29) is 17.9 Å². The Kier molecular flexibility index (Phi) is 5.42. The Balaban J connectivity index is 2.49. The molecule has 0 aromatic heterocycles. The largest absolute Gasteiger partial charge is 0.481 e. The molecular formula is C15H28N2O3. The van der Waals surface area contributed by atoms with Crippen molar-refractivity contribution in [1.29, 1.82) is 0 Å². The number of hydrogen-bond acceptors (Lipinski definition) is 2. The molecular weight excluding hydrogens is 256 g/mol. The first-order valence-corrected chi connectivity index (χ1v) is 7.42. The third-order valence-corrected chi connectivity index (χ3v) is 4.48. The summed E-state index contributed by atoms with van der Waals surface area (Å²) in [5.74, 6) is -0.498. The maximum Gasteiger partial charge on any atom is 0.315 e. The van der Waals surface area contributed by atoms with Crippen LogP contribution in [0.15, 0.2) is 0 Å². The molecule has 1 aliphatic rings. The molecule has 116 valence electrons. The van der Waals surface area contributed by atoms with E-state index in [0.717, 1.165) is 25.7 Å². The van der Waals surface area contributed by atoms with E-state index in [1.165, 1.54) is 0 Å². The van der Waals surface area contributed by atoms with E-state index in [0.29, 0.717) is 12.5 Å². The Hall–Kier alpha value is -1.26. The first kappa shape index (κ1) is 16.8. The fourth-order valence-electron chi connectivity index (χ4n) is 2.52. The molecule has 1 aliphatic carbocycles. The van der Waals surface area contributed by atoms with Gasteiger partial charge in [0.1, 0.15) is 0 Å². The number of carboxylic acids is 1. The molecule has 0 aromatic rings. The van der Waals surface area contributed by atoms with Crippen molar-refractivity contribution in [2.45, 2.75) is 65.3 Å². The van der Waals surface area contributed by atoms with E-state index < -0.39 is 11.5 Å². The highest BCUT2D eigenvalue weighted by Gasteiger charge is 2.37. The van der Waals surface area contributed by atoms with Crippen molar-refractivity contribution < 1.29 is 14.7 Å². The minimum absolute atomic E-state index is 0.00917. The number of nitrogens with one attached hydrogen (secondary N) is 2. The van der Waals surface area contributed by atoms with Crippen LogP contribution in [0.2, 0.25) is 0 Å². The Bertz CT molecular complexity index is 355. The second-order valence-corrected chi connectivity index (χ2v) is 7.16. The Labute approximate surface area is 121 Å². The van der Waals surface area contributed by atoms with Gasteiger partial charge in [0, 0.05) is 6.54 Å². The molecule has 0 aromatic carbocycles. The van der Waals surface area contributed by atoms with Gasteiger partial charge >= 0.3 is 12.0 Å². The molecule has 0 aliphatic heterocycles. The lowest BCUT2D eigenvalue weighted by Crippen LogP contribution is -2.52. The van der Waals surface area contributed by atoms with Crippen molar-refractivity contribution in [1.82, 2.24) is 10.6 Å². The second-order valence-electron chi connectivity index (χ2n) is 7.16. The molecule has 0 saturated heterocycles. The molecule has 5 heteroatoms. The van der Waals surface area contributed by atoms with Gasteiger partial charge in [-0.1, -0.05) is 40.5 Å². The third kappa shape index (κ3) is 5.02. The normalized spacial score (nSPS) is 19.4. The minimum Gasteiger partial charge on any atom is -0.481 e. The number of amides is 2. The standard InChI is InChI=1S/C15H28N2O3/c1-11(14(2,3)4)10-16-13(20)17-15(9-12(18)19)7-5-6-8-15/h11H,5-10H2,1-4H3,(H,18,19)(H2,16,17,20). The number of aliphatic carboxylic acids is 1. The molecule has 1 saturated carbocycles. The van der Waals surface area contributed by atoms with Gasteiger partial charge in [-0.25, -0.2) is 4.79 Å². The fraction of sp³-hybridized carbons (Fsp3) is 0.867. The van der Waals surface area contributed by atoms with Gasteiger partial charge in [-0.2, -0.15) is 0 Å². The van der Waals surface area contributed by atoms with Crippen LogP contribution in [0.4, 0.5) is 4.79 Å². The van der Waals surface area contributed by atoms with Crippen LogP contribution in [-0.2, 0) is 4.79 Å². The van der Waals surface area contributed by atoms with Crippen molar-refractivity contribution in [3.8, 4) is 0 Å². The van der Waals surface area contributed by atoms with Gasteiger partial charge in [0.2, 0.25) is 0 Å². The summed E-state index contributed by atoms with van der Waals surface area (Å²) < 4.78 is 0. The van der Waals surface area contributed by atoms with Gasteiger partial charge in [0.15, 0.2) is 0 Å². The van der Waals surface area contributed by atoms with Crippen LogP contribution in [0, 0.1) is 11.3 Å². The average Bonchev–Trinajstić information content (AvgIpc) is 2.71. The lowest BCUT2D eigenvalue weighted by Gasteiger charge is -2.31. The van der Waals surface area contributed by atoms with E-state index >= 15 is 0 Å². The summed E-state index contributed by atoms with van der Waals surface area (Å²) in [6.45, 7) is 9.11. The monoisotopic (exact) mass is 284 g/mol. The molecule has 1 atom stereocenters. The summed E-state index contributed by atoms with van der Waals surface area (Å²) >= 11 is 0. The quantitative estimate of drug-likeness (QED) is 0.726. The third-order valence-electron chi connectivity index (χ3n) is 4.48. The van der Waals surface area contributed by atoms with Gasteiger partial charge < -0.3 is 15.7 Å². The lowest BCUT2D eigenvalue weighted by molar-refractivity contribution is -0.138. The highest BCUT2D eigenvalue weighted by Crippen LogP contribution is 2.32. The van der Waals surface area contributed by atoms with E-state index in [2.05, 4.69) is 38.3 Å². The Morgan fingerprint density at radius 2 is 1.80 bits per heavy atom. The smallest absolute Gasteiger partial charge is 0.315 e. The number of rotatable bonds is 5. The van der Waals surface area contributed by atoms with E-state index in [9.17, 15) is 9.59 Å². The van der Waals surface area contributed by atoms with Gasteiger partial charge in [-0.3, -0.25) is 4.79 Å². The average molecular weight is 284 g/mol. The first-order chi connectivity index (χ1) is 9.15. The predicted molar refractivity (Wildman–Crippen MR) is 78.6 cm³/mol. The zero-order valence-electron chi connectivity index (χ0n) is 13.1. The van der Waals surface area contributed by atoms with Crippen molar-refractivity contribution in [2.24, 2.45) is 11.3 Å². The number of carbonyl (C=O) groups is 2. The molecule has 0 bridgehead atoms. The second kappa shape index (κ2) is 6.46. The molecule has 0 radical (unpaired) electrons. The zero-order valence-corrected chi connectivity index (χ0v) is 13.1. The summed E-state index contributed by atoms with van der Waals surface area (Å²) in [7, 11) is 0. The molecule has 1 rings (SSSR count). The first-order valence-electron chi connectivity index (χ1n) is 7.42. The molecule has 1 unspecified atom stereocenters. The topological polar surface area (TPSA) is 78.4 Å². The van der Waals surface area contributed by atoms with Crippen LogP contribution in [0.5, 0.6) is 0 Å². The van der Waals surface area contributed by atoms with E-state index in [1.54, 1.807) is 0 Å². The van der Waals surface area contributed by atoms with Gasteiger partial charge in [-0.15, -0.1) is 0 Å². The van der Waals surface area contributed by atoms with Gasteiger partial charge in [-0.05, 0) is 24.2 Å². The SMILES string of the molecule is CC(CNC(=O)NC1(CC(=O)O)CCCC1)C(C)(C)C. The van der Waals surface area contributed by atoms with Crippen molar-refractivity contribution >= 4 is 12.0 Å². The highest BCUT2D eigenvalue weighted by atomic mass is 16.4. The van der Waals surface area contributed by atoms with Crippen molar-refractivity contribution in [3.63, 3.8) is 0 Å². The summed E-state index contributed by atoms with van der Waals surface area (Å²) in [4.78, 5) is 23.0. The minimum atomic E-state index is -0.852. The van der Waals surface area contributed by atoms with Crippen LogP contribution in [-0.4, -0.2) is 29.2 Å². The van der Waals surface area contributed by atoms with Crippen molar-refractivity contribution in [2.75, 3.05) is 6.54 Å². The number of urea groups is 1. The number of hydrogen-bond donors (Lipinski definition) is 3. The lowest BCUT2D eigenvalue weighted by atomic mass is 9.82. The Morgan fingerprint density at radius 3 is 2.25 bits per heavy atom. The summed E-state index contributed by atoms with van der Waals surface area (Å²) in [5.41, 5.74) is -0.416. The van der Waals surface area contributed by atoms with Gasteiger partial charge in [0.25, 0.3) is 0 Å². The zero-order chi connectivity index (χ0) is 15.4. The molecule has 3 N–H and O–H groups in total. The Morgan fingerprint density at radius 1 is 1.25 bits per heavy atom. The van der Waals surface area contributed by atoms with E-state index in [1.807, 2.05) is 0 Å². The summed E-state index contributed by atoms with van der Waals surface area (Å²) in [6, 6.07) is -0.246. The predicted octanol–water partition coefficient (Wildman–Crippen LogP) is 2.76. The summed E-state index contributed by atoms with van der Waals surface area (Å²) in [6.07, 6.45) is 3.47. The molecule has 2 amide bonds.